The van der Waals surface area contributed by atoms with E-state index in [1.165, 1.54) is 29.0 Å². The molecule has 1 saturated heterocycles. The fourth-order valence-electron chi connectivity index (χ4n) is 3.96. The van der Waals surface area contributed by atoms with Gasteiger partial charge < -0.3 is 10.2 Å². The first kappa shape index (κ1) is 18.9. The normalized spacial score (nSPS) is 15.2. The second-order valence-corrected chi connectivity index (χ2v) is 8.64. The zero-order valence-electron chi connectivity index (χ0n) is 16.4. The predicted molar refractivity (Wildman–Crippen MR) is 114 cm³/mol. The molecular formula is C22H24FN3OS. The van der Waals surface area contributed by atoms with Gasteiger partial charge in [-0.05, 0) is 62.9 Å². The molecule has 1 aromatic heterocycles. The van der Waals surface area contributed by atoms with Crippen molar-refractivity contribution in [1.29, 1.82) is 0 Å². The van der Waals surface area contributed by atoms with Gasteiger partial charge in [-0.2, -0.15) is 0 Å². The molecule has 0 spiro atoms. The Labute approximate surface area is 168 Å². The maximum atomic E-state index is 13.4. The lowest BCUT2D eigenvalue weighted by Crippen LogP contribution is -2.38. The summed E-state index contributed by atoms with van der Waals surface area (Å²) in [6, 6.07) is 8.89. The summed E-state index contributed by atoms with van der Waals surface area (Å²) in [5.41, 5.74) is 5.17. The number of hydrogen-bond acceptors (Lipinski definition) is 4. The van der Waals surface area contributed by atoms with Crippen molar-refractivity contribution in [1.82, 2.24) is 4.98 Å². The Balaban J connectivity index is 1.41. The van der Waals surface area contributed by atoms with Crippen LogP contribution in [0.3, 0.4) is 0 Å². The van der Waals surface area contributed by atoms with Crippen molar-refractivity contribution in [2.75, 3.05) is 23.3 Å². The van der Waals surface area contributed by atoms with Gasteiger partial charge in [-0.25, -0.2) is 9.37 Å². The van der Waals surface area contributed by atoms with Crippen LogP contribution in [-0.4, -0.2) is 24.0 Å². The van der Waals surface area contributed by atoms with Crippen LogP contribution < -0.4 is 10.2 Å². The molecule has 146 valence electrons. The van der Waals surface area contributed by atoms with Crippen molar-refractivity contribution in [3.63, 3.8) is 0 Å². The number of aromatic nitrogens is 1. The second kappa shape index (κ2) is 7.51. The number of aryl methyl sites for hydroxylation is 3. The number of anilines is 2. The van der Waals surface area contributed by atoms with Crippen molar-refractivity contribution < 1.29 is 9.18 Å². The lowest BCUT2D eigenvalue weighted by atomic mass is 9.95. The molecule has 1 aliphatic heterocycles. The minimum absolute atomic E-state index is 0.00294. The van der Waals surface area contributed by atoms with Gasteiger partial charge in [0.2, 0.25) is 5.91 Å². The highest BCUT2D eigenvalue weighted by Crippen LogP contribution is 2.32. The topological polar surface area (TPSA) is 45.2 Å². The molecule has 1 amide bonds. The van der Waals surface area contributed by atoms with Gasteiger partial charge in [0, 0.05) is 24.7 Å². The Morgan fingerprint density at radius 1 is 1.14 bits per heavy atom. The number of hydrogen-bond donors (Lipinski definition) is 1. The van der Waals surface area contributed by atoms with E-state index < -0.39 is 0 Å². The molecule has 0 unspecified atom stereocenters. The van der Waals surface area contributed by atoms with E-state index >= 15 is 0 Å². The molecule has 6 heteroatoms. The van der Waals surface area contributed by atoms with Gasteiger partial charge in [-0.1, -0.05) is 29.0 Å². The lowest BCUT2D eigenvalue weighted by Gasteiger charge is -2.31. The molecular weight excluding hydrogens is 373 g/mol. The van der Waals surface area contributed by atoms with E-state index in [1.54, 1.807) is 6.07 Å². The molecule has 3 aromatic rings. The molecule has 1 N–H and O–H groups in total. The largest absolute Gasteiger partial charge is 0.348 e. The smallest absolute Gasteiger partial charge is 0.227 e. The molecule has 2 aromatic carbocycles. The van der Waals surface area contributed by atoms with Gasteiger partial charge in [0.1, 0.15) is 5.82 Å². The SMILES string of the molecule is Cc1cc(C)c(NC(=O)C2CCN(c3nc4ccc(F)cc4s3)CC2)c(C)c1. The molecule has 28 heavy (non-hydrogen) atoms. The lowest BCUT2D eigenvalue weighted by molar-refractivity contribution is -0.120. The van der Waals surface area contributed by atoms with Crippen LogP contribution in [0.1, 0.15) is 29.5 Å². The van der Waals surface area contributed by atoms with E-state index in [0.29, 0.717) is 0 Å². The maximum absolute atomic E-state index is 13.4. The van der Waals surface area contributed by atoms with E-state index in [2.05, 4.69) is 34.3 Å². The Morgan fingerprint density at radius 2 is 1.82 bits per heavy atom. The van der Waals surface area contributed by atoms with Gasteiger partial charge in [0.25, 0.3) is 0 Å². The standard InChI is InChI=1S/C22H24FN3OS/c1-13-10-14(2)20(15(3)11-13)25-21(27)16-6-8-26(9-7-16)22-24-18-5-4-17(23)12-19(18)28-22/h4-5,10-12,16H,6-9H2,1-3H3,(H,25,27). The third-order valence-corrected chi connectivity index (χ3v) is 6.48. The number of rotatable bonds is 3. The van der Waals surface area contributed by atoms with Crippen molar-refractivity contribution in [3.05, 3.63) is 52.8 Å². The zero-order valence-corrected chi connectivity index (χ0v) is 17.2. The average molecular weight is 398 g/mol. The van der Waals surface area contributed by atoms with Crippen LogP contribution in [0, 0.1) is 32.5 Å². The summed E-state index contributed by atoms with van der Waals surface area (Å²) in [5, 5.41) is 4.05. The van der Waals surface area contributed by atoms with Crippen LogP contribution in [0.2, 0.25) is 0 Å². The number of nitrogens with one attached hydrogen (secondary N) is 1. The van der Waals surface area contributed by atoms with Crippen LogP contribution in [0.25, 0.3) is 10.2 Å². The summed E-state index contributed by atoms with van der Waals surface area (Å²) in [5.74, 6) is -0.135. The maximum Gasteiger partial charge on any atom is 0.227 e. The van der Waals surface area contributed by atoms with Crippen LogP contribution in [0.5, 0.6) is 0 Å². The first-order valence-corrected chi connectivity index (χ1v) is 10.4. The second-order valence-electron chi connectivity index (χ2n) is 7.63. The van der Waals surface area contributed by atoms with Gasteiger partial charge in [0.05, 0.1) is 10.2 Å². The number of nitrogens with zero attached hydrogens (tertiary/aromatic N) is 2. The highest BCUT2D eigenvalue weighted by molar-refractivity contribution is 7.22. The van der Waals surface area contributed by atoms with Crippen LogP contribution in [0.4, 0.5) is 15.2 Å². The average Bonchev–Trinajstić information content (AvgIpc) is 3.07. The molecule has 4 rings (SSSR count). The monoisotopic (exact) mass is 397 g/mol. The number of amides is 1. The van der Waals surface area contributed by atoms with Gasteiger partial charge >= 0.3 is 0 Å². The Hall–Kier alpha value is -2.47. The molecule has 0 aliphatic carbocycles. The Morgan fingerprint density at radius 3 is 2.50 bits per heavy atom. The highest BCUT2D eigenvalue weighted by atomic mass is 32.1. The predicted octanol–water partition coefficient (Wildman–Crippen LogP) is 5.22. The third-order valence-electron chi connectivity index (χ3n) is 5.40. The molecule has 0 radical (unpaired) electrons. The number of thiazole rings is 1. The van der Waals surface area contributed by atoms with Crippen molar-refractivity contribution in [3.8, 4) is 0 Å². The number of halogens is 1. The fraction of sp³-hybridized carbons (Fsp3) is 0.364. The van der Waals surface area contributed by atoms with Crippen molar-refractivity contribution in [2.24, 2.45) is 5.92 Å². The van der Waals surface area contributed by atoms with E-state index in [9.17, 15) is 9.18 Å². The van der Waals surface area contributed by atoms with Crippen molar-refractivity contribution >= 4 is 38.3 Å². The first-order chi connectivity index (χ1) is 13.4. The Kier molecular flexibility index (Phi) is 5.06. The molecule has 4 nitrogen and oxygen atoms in total. The molecule has 0 saturated carbocycles. The molecule has 2 heterocycles. The van der Waals surface area contributed by atoms with Crippen molar-refractivity contribution in [2.45, 2.75) is 33.6 Å². The van der Waals surface area contributed by atoms with E-state index in [1.807, 2.05) is 13.8 Å². The number of fused-ring (bicyclic) bond motifs is 1. The summed E-state index contributed by atoms with van der Waals surface area (Å²) in [4.78, 5) is 19.6. The summed E-state index contributed by atoms with van der Waals surface area (Å²) < 4.78 is 14.3. The van der Waals surface area contributed by atoms with Gasteiger partial charge in [0.15, 0.2) is 5.13 Å². The van der Waals surface area contributed by atoms with E-state index in [-0.39, 0.29) is 17.6 Å². The van der Waals surface area contributed by atoms with E-state index in [0.717, 1.165) is 58.1 Å². The number of carbonyl (C=O) groups excluding carboxylic acids is 1. The quantitative estimate of drug-likeness (QED) is 0.659. The van der Waals surface area contributed by atoms with Crippen LogP contribution in [0.15, 0.2) is 30.3 Å². The van der Waals surface area contributed by atoms with E-state index in [4.69, 9.17) is 0 Å². The van der Waals surface area contributed by atoms with Gasteiger partial charge in [-0.3, -0.25) is 4.79 Å². The first-order valence-electron chi connectivity index (χ1n) is 9.60. The summed E-state index contributed by atoms with van der Waals surface area (Å²) in [6.07, 6.45) is 1.58. The number of carbonyl (C=O) groups is 1. The summed E-state index contributed by atoms with van der Waals surface area (Å²) in [7, 11) is 0. The van der Waals surface area contributed by atoms with Crippen LogP contribution in [-0.2, 0) is 4.79 Å². The molecule has 0 atom stereocenters. The Bertz CT molecular complexity index is 1010. The summed E-state index contributed by atoms with van der Waals surface area (Å²) in [6.45, 7) is 7.71. The molecule has 1 aliphatic rings. The molecule has 1 fully saturated rings. The number of piperidine rings is 1. The highest BCUT2D eigenvalue weighted by Gasteiger charge is 2.27. The minimum Gasteiger partial charge on any atom is -0.348 e. The third kappa shape index (κ3) is 3.74. The minimum atomic E-state index is -0.236. The zero-order chi connectivity index (χ0) is 19.8. The van der Waals surface area contributed by atoms with Gasteiger partial charge in [-0.15, -0.1) is 0 Å². The molecule has 0 bridgehead atoms. The fourth-order valence-corrected chi connectivity index (χ4v) is 5.00. The summed E-state index contributed by atoms with van der Waals surface area (Å²) >= 11 is 1.51. The number of benzene rings is 2. The van der Waals surface area contributed by atoms with Crippen LogP contribution >= 0.6 is 11.3 Å².